The number of aromatic nitrogens is 1. The molecular formula is C18H20F3N3O3S. The van der Waals surface area contributed by atoms with E-state index in [0.717, 1.165) is 55.9 Å². The molecule has 1 aliphatic heterocycles. The van der Waals surface area contributed by atoms with E-state index in [9.17, 15) is 21.6 Å². The minimum Gasteiger partial charge on any atom is -0.406 e. The van der Waals surface area contributed by atoms with Gasteiger partial charge in [0.05, 0.1) is 4.90 Å². The summed E-state index contributed by atoms with van der Waals surface area (Å²) in [4.78, 5) is 6.12. The van der Waals surface area contributed by atoms with Crippen LogP contribution in [0, 0.1) is 5.92 Å². The van der Waals surface area contributed by atoms with Crippen LogP contribution in [0.4, 0.5) is 18.9 Å². The first-order chi connectivity index (χ1) is 13.2. The number of benzene rings is 1. The largest absolute Gasteiger partial charge is 0.573 e. The van der Waals surface area contributed by atoms with Crippen molar-refractivity contribution in [1.82, 2.24) is 9.71 Å². The van der Waals surface area contributed by atoms with Gasteiger partial charge in [-0.2, -0.15) is 0 Å². The average Bonchev–Trinajstić information content (AvgIpc) is 2.67. The Balaban J connectivity index is 1.51. The van der Waals surface area contributed by atoms with Crippen LogP contribution in [0.25, 0.3) is 0 Å². The van der Waals surface area contributed by atoms with Gasteiger partial charge in [0.1, 0.15) is 5.75 Å². The number of anilines is 1. The Morgan fingerprint density at radius 3 is 2.25 bits per heavy atom. The number of pyridine rings is 1. The van der Waals surface area contributed by atoms with Gasteiger partial charge in [-0.25, -0.2) is 13.1 Å². The number of piperidine rings is 1. The molecule has 0 amide bonds. The minimum absolute atomic E-state index is 0.101. The number of rotatable bonds is 6. The van der Waals surface area contributed by atoms with E-state index in [1.807, 2.05) is 12.1 Å². The Morgan fingerprint density at radius 2 is 1.68 bits per heavy atom. The molecular weight excluding hydrogens is 395 g/mol. The second-order valence-corrected chi connectivity index (χ2v) is 8.27. The highest BCUT2D eigenvalue weighted by molar-refractivity contribution is 7.89. The third kappa shape index (κ3) is 5.59. The first kappa shape index (κ1) is 20.4. The summed E-state index contributed by atoms with van der Waals surface area (Å²) in [6.45, 7) is 1.92. The zero-order valence-electron chi connectivity index (χ0n) is 14.9. The third-order valence-electron chi connectivity index (χ3n) is 4.57. The smallest absolute Gasteiger partial charge is 0.406 e. The fourth-order valence-electron chi connectivity index (χ4n) is 3.08. The first-order valence-electron chi connectivity index (χ1n) is 8.73. The number of nitrogens with one attached hydrogen (secondary N) is 1. The molecule has 1 aromatic carbocycles. The summed E-state index contributed by atoms with van der Waals surface area (Å²) in [5.41, 5.74) is 1.09. The van der Waals surface area contributed by atoms with E-state index in [1.165, 1.54) is 0 Å². The molecule has 0 radical (unpaired) electrons. The van der Waals surface area contributed by atoms with Gasteiger partial charge in [0, 0.05) is 37.7 Å². The fraction of sp³-hybridized carbons (Fsp3) is 0.389. The van der Waals surface area contributed by atoms with Crippen LogP contribution in [0.15, 0.2) is 53.7 Å². The molecule has 10 heteroatoms. The van der Waals surface area contributed by atoms with Gasteiger partial charge < -0.3 is 9.64 Å². The van der Waals surface area contributed by atoms with Crippen molar-refractivity contribution in [1.29, 1.82) is 0 Å². The fourth-order valence-corrected chi connectivity index (χ4v) is 4.20. The Bertz CT molecular complexity index is 866. The molecule has 1 fully saturated rings. The molecule has 0 atom stereocenters. The van der Waals surface area contributed by atoms with E-state index >= 15 is 0 Å². The number of halogens is 3. The number of sulfonamides is 1. The molecule has 1 aliphatic rings. The van der Waals surface area contributed by atoms with E-state index in [-0.39, 0.29) is 17.4 Å². The van der Waals surface area contributed by atoms with Crippen molar-refractivity contribution >= 4 is 15.7 Å². The summed E-state index contributed by atoms with van der Waals surface area (Å²) in [5.74, 6) is -0.268. The van der Waals surface area contributed by atoms with Crippen LogP contribution in [0.5, 0.6) is 5.75 Å². The molecule has 28 heavy (non-hydrogen) atoms. The van der Waals surface area contributed by atoms with Crippen molar-refractivity contribution in [2.45, 2.75) is 24.1 Å². The maximum Gasteiger partial charge on any atom is 0.573 e. The molecule has 1 N–H and O–H groups in total. The number of alkyl halides is 3. The molecule has 2 heterocycles. The highest BCUT2D eigenvalue weighted by atomic mass is 32.2. The molecule has 3 rings (SSSR count). The van der Waals surface area contributed by atoms with Crippen LogP contribution in [-0.2, 0) is 10.0 Å². The average molecular weight is 415 g/mol. The zero-order chi connectivity index (χ0) is 20.2. The predicted molar refractivity (Wildman–Crippen MR) is 97.5 cm³/mol. The summed E-state index contributed by atoms with van der Waals surface area (Å²) in [6.07, 6.45) is 0.331. The first-order valence-corrected chi connectivity index (χ1v) is 10.2. The van der Waals surface area contributed by atoms with Gasteiger partial charge >= 0.3 is 6.36 Å². The lowest BCUT2D eigenvalue weighted by molar-refractivity contribution is -0.274. The Morgan fingerprint density at radius 1 is 1.07 bits per heavy atom. The molecule has 6 nitrogen and oxygen atoms in total. The zero-order valence-corrected chi connectivity index (χ0v) is 15.7. The van der Waals surface area contributed by atoms with Crippen LogP contribution >= 0.6 is 0 Å². The third-order valence-corrected chi connectivity index (χ3v) is 6.01. The number of ether oxygens (including phenoxy) is 1. The molecule has 0 saturated carbocycles. The van der Waals surface area contributed by atoms with E-state index in [4.69, 9.17) is 0 Å². The van der Waals surface area contributed by atoms with E-state index in [0.29, 0.717) is 0 Å². The van der Waals surface area contributed by atoms with Gasteiger partial charge in [-0.15, -0.1) is 13.2 Å². The second kappa shape index (κ2) is 8.36. The molecule has 152 valence electrons. The number of hydrogen-bond acceptors (Lipinski definition) is 5. The van der Waals surface area contributed by atoms with Crippen molar-refractivity contribution < 1.29 is 26.3 Å². The molecule has 0 aliphatic carbocycles. The van der Waals surface area contributed by atoms with E-state index in [1.54, 1.807) is 12.4 Å². The van der Waals surface area contributed by atoms with E-state index in [2.05, 4.69) is 19.3 Å². The predicted octanol–water partition coefficient (Wildman–Crippen LogP) is 3.18. The van der Waals surface area contributed by atoms with Crippen LogP contribution in [-0.4, -0.2) is 39.4 Å². The van der Waals surface area contributed by atoms with Crippen molar-refractivity contribution in [2.75, 3.05) is 24.5 Å². The van der Waals surface area contributed by atoms with Crippen molar-refractivity contribution in [3.05, 3.63) is 48.8 Å². The lowest BCUT2D eigenvalue weighted by atomic mass is 9.97. The molecule has 0 unspecified atom stereocenters. The maximum absolute atomic E-state index is 12.4. The monoisotopic (exact) mass is 415 g/mol. The number of nitrogens with zero attached hydrogens (tertiary/aromatic N) is 2. The standard InChI is InChI=1S/C18H20F3N3O3S/c19-18(20,21)27-16-1-3-17(4-2-16)28(25,26)23-13-14-7-11-24(12-8-14)15-5-9-22-10-6-15/h1-6,9-10,14,23H,7-8,11-13H2. The van der Waals surface area contributed by atoms with Gasteiger partial charge in [0.2, 0.25) is 10.0 Å². The van der Waals surface area contributed by atoms with Crippen molar-refractivity contribution in [3.63, 3.8) is 0 Å². The lowest BCUT2D eigenvalue weighted by Crippen LogP contribution is -2.38. The Hall–Kier alpha value is -2.33. The van der Waals surface area contributed by atoms with Crippen LogP contribution in [0.2, 0.25) is 0 Å². The SMILES string of the molecule is O=S(=O)(NCC1CCN(c2ccncc2)CC1)c1ccc(OC(F)(F)F)cc1. The number of hydrogen-bond donors (Lipinski definition) is 1. The minimum atomic E-state index is -4.82. The quantitative estimate of drug-likeness (QED) is 0.785. The topological polar surface area (TPSA) is 71.5 Å². The second-order valence-electron chi connectivity index (χ2n) is 6.51. The highest BCUT2D eigenvalue weighted by Gasteiger charge is 2.31. The van der Waals surface area contributed by atoms with Crippen LogP contribution in [0.1, 0.15) is 12.8 Å². The summed E-state index contributed by atoms with van der Waals surface area (Å²) >= 11 is 0. The van der Waals surface area contributed by atoms with Crippen molar-refractivity contribution in [2.24, 2.45) is 5.92 Å². The normalized spacial score (nSPS) is 16.2. The summed E-state index contributed by atoms with van der Waals surface area (Å²) in [5, 5.41) is 0. The Labute approximate surface area is 161 Å². The molecule has 1 saturated heterocycles. The summed E-state index contributed by atoms with van der Waals surface area (Å²) < 4.78 is 67.6. The molecule has 1 aromatic heterocycles. The van der Waals surface area contributed by atoms with Gasteiger partial charge in [0.15, 0.2) is 0 Å². The molecule has 0 bridgehead atoms. The molecule has 2 aromatic rings. The van der Waals surface area contributed by atoms with Gasteiger partial charge in [-0.3, -0.25) is 4.98 Å². The van der Waals surface area contributed by atoms with Gasteiger partial charge in [-0.1, -0.05) is 0 Å². The summed E-state index contributed by atoms with van der Waals surface area (Å²) in [7, 11) is -3.79. The highest BCUT2D eigenvalue weighted by Crippen LogP contribution is 2.25. The van der Waals surface area contributed by atoms with Gasteiger partial charge in [0.25, 0.3) is 0 Å². The van der Waals surface area contributed by atoms with Gasteiger partial charge in [-0.05, 0) is 55.2 Å². The molecule has 0 spiro atoms. The maximum atomic E-state index is 12.4. The lowest BCUT2D eigenvalue weighted by Gasteiger charge is -2.33. The van der Waals surface area contributed by atoms with E-state index < -0.39 is 22.1 Å². The summed E-state index contributed by atoms with van der Waals surface area (Å²) in [6, 6.07) is 8.03. The Kier molecular flexibility index (Phi) is 6.09. The van der Waals surface area contributed by atoms with Crippen LogP contribution in [0.3, 0.4) is 0 Å². The van der Waals surface area contributed by atoms with Crippen molar-refractivity contribution in [3.8, 4) is 5.75 Å². The van der Waals surface area contributed by atoms with Crippen LogP contribution < -0.4 is 14.4 Å².